The predicted molar refractivity (Wildman–Crippen MR) is 58.5 cm³/mol. The molecule has 3 nitrogen and oxygen atoms in total. The molecule has 0 bridgehead atoms. The van der Waals surface area contributed by atoms with Crippen molar-refractivity contribution in [3.8, 4) is 0 Å². The zero-order valence-corrected chi connectivity index (χ0v) is 9.98. The van der Waals surface area contributed by atoms with Crippen molar-refractivity contribution in [1.29, 1.82) is 0 Å². The average Bonchev–Trinajstić information content (AvgIpc) is 2.06. The molecule has 0 aromatic carbocycles. The van der Waals surface area contributed by atoms with E-state index in [2.05, 4.69) is 10.6 Å². The van der Waals surface area contributed by atoms with Crippen LogP contribution in [0.15, 0.2) is 0 Å². The molecule has 4 heteroatoms. The van der Waals surface area contributed by atoms with E-state index in [1.54, 1.807) is 0 Å². The van der Waals surface area contributed by atoms with Gasteiger partial charge >= 0.3 is 0 Å². The lowest BCUT2D eigenvalue weighted by atomic mass is 9.84. The number of rotatable bonds is 1. The third-order valence-electron chi connectivity index (χ3n) is 2.43. The molecule has 0 aromatic rings. The summed E-state index contributed by atoms with van der Waals surface area (Å²) in [5.74, 6) is 0.186. The van der Waals surface area contributed by atoms with Crippen LogP contribution < -0.4 is 10.6 Å². The van der Waals surface area contributed by atoms with E-state index < -0.39 is 0 Å². The molecule has 1 aliphatic heterocycles. The van der Waals surface area contributed by atoms with Crippen molar-refractivity contribution in [3.05, 3.63) is 0 Å². The molecule has 1 fully saturated rings. The zero-order valence-electron chi connectivity index (χ0n) is 9.23. The van der Waals surface area contributed by atoms with Gasteiger partial charge in [-0.1, -0.05) is 20.8 Å². The van der Waals surface area contributed by atoms with Crippen LogP contribution >= 0.6 is 11.6 Å². The maximum absolute atomic E-state index is 12.0. The molecular formula is C10H19ClN2O. The molecule has 1 aliphatic rings. The number of hydrogen-bond acceptors (Lipinski definition) is 3. The van der Waals surface area contributed by atoms with Gasteiger partial charge in [0.2, 0.25) is 0 Å². The average molecular weight is 219 g/mol. The molecule has 3 atom stereocenters. The third kappa shape index (κ3) is 2.69. The van der Waals surface area contributed by atoms with Crippen LogP contribution in [0, 0.1) is 5.41 Å². The molecule has 0 saturated carbocycles. The number of nitrogens with one attached hydrogen (secondary N) is 2. The van der Waals surface area contributed by atoms with Gasteiger partial charge in [0.05, 0.1) is 17.6 Å². The lowest BCUT2D eigenvalue weighted by Crippen LogP contribution is -2.62. The lowest BCUT2D eigenvalue weighted by Gasteiger charge is -2.36. The highest BCUT2D eigenvalue weighted by molar-refractivity contribution is 6.23. The van der Waals surface area contributed by atoms with Gasteiger partial charge in [0.15, 0.2) is 5.78 Å². The summed E-state index contributed by atoms with van der Waals surface area (Å²) >= 11 is 6.10. The summed E-state index contributed by atoms with van der Waals surface area (Å²) in [7, 11) is 0. The van der Waals surface area contributed by atoms with Gasteiger partial charge in [-0.2, -0.15) is 0 Å². The van der Waals surface area contributed by atoms with Crippen molar-refractivity contribution >= 4 is 17.4 Å². The van der Waals surface area contributed by atoms with Crippen LogP contribution in [-0.2, 0) is 4.79 Å². The first-order chi connectivity index (χ1) is 6.32. The quantitative estimate of drug-likeness (QED) is 0.649. The van der Waals surface area contributed by atoms with Gasteiger partial charge in [-0.15, -0.1) is 11.6 Å². The summed E-state index contributed by atoms with van der Waals surface area (Å²) in [6, 6.07) is -0.229. The predicted octanol–water partition coefficient (Wildman–Crippen LogP) is 1.12. The van der Waals surface area contributed by atoms with Crippen molar-refractivity contribution in [1.82, 2.24) is 10.6 Å². The summed E-state index contributed by atoms with van der Waals surface area (Å²) in [5, 5.41) is 6.20. The molecule has 0 spiro atoms. The van der Waals surface area contributed by atoms with Gasteiger partial charge in [-0.25, -0.2) is 0 Å². The summed E-state index contributed by atoms with van der Waals surface area (Å²) in [4.78, 5) is 12.0. The highest BCUT2D eigenvalue weighted by Crippen LogP contribution is 2.21. The minimum Gasteiger partial charge on any atom is -0.301 e. The van der Waals surface area contributed by atoms with Gasteiger partial charge in [-0.3, -0.25) is 10.1 Å². The first-order valence-electron chi connectivity index (χ1n) is 5.00. The van der Waals surface area contributed by atoms with Crippen LogP contribution in [0.5, 0.6) is 0 Å². The van der Waals surface area contributed by atoms with Crippen molar-refractivity contribution in [2.24, 2.45) is 5.41 Å². The fraction of sp³-hybridized carbons (Fsp3) is 0.900. The molecule has 3 unspecified atom stereocenters. The smallest absolute Gasteiger partial charge is 0.156 e. The summed E-state index contributed by atoms with van der Waals surface area (Å²) < 4.78 is 0. The normalized spacial score (nSPS) is 34.2. The molecule has 1 rings (SSSR count). The molecular weight excluding hydrogens is 200 g/mol. The molecule has 0 amide bonds. The van der Waals surface area contributed by atoms with Gasteiger partial charge in [0, 0.05) is 12.0 Å². The van der Waals surface area contributed by atoms with E-state index in [1.807, 2.05) is 27.7 Å². The number of halogens is 1. The fourth-order valence-electron chi connectivity index (χ4n) is 1.55. The number of Topliss-reactive ketones (excluding diaryl/α,β-unsaturated/α-hetero) is 1. The molecule has 2 N–H and O–H groups in total. The zero-order chi connectivity index (χ0) is 10.9. The Kier molecular flexibility index (Phi) is 3.56. The van der Waals surface area contributed by atoms with Gasteiger partial charge in [0.1, 0.15) is 0 Å². The van der Waals surface area contributed by atoms with Crippen LogP contribution in [-0.4, -0.2) is 29.9 Å². The van der Waals surface area contributed by atoms with E-state index in [1.165, 1.54) is 0 Å². The topological polar surface area (TPSA) is 41.1 Å². The Morgan fingerprint density at radius 1 is 1.43 bits per heavy atom. The minimum absolute atomic E-state index is 0.154. The summed E-state index contributed by atoms with van der Waals surface area (Å²) in [5.41, 5.74) is -0.331. The Morgan fingerprint density at radius 3 is 2.50 bits per heavy atom. The fourth-order valence-corrected chi connectivity index (χ4v) is 1.82. The number of carbonyl (C=O) groups is 1. The Hall–Kier alpha value is -0.120. The number of alkyl halides is 1. The second kappa shape index (κ2) is 4.17. The second-order valence-electron chi connectivity index (χ2n) is 4.90. The van der Waals surface area contributed by atoms with Crippen LogP contribution in [0.3, 0.4) is 0 Å². The van der Waals surface area contributed by atoms with E-state index in [0.29, 0.717) is 6.54 Å². The standard InChI is InChI=1S/C10H19ClN2O/c1-6-12-5-7(11)8(13-6)9(14)10(2,3)4/h6-8,12-13H,5H2,1-4H3. The van der Waals surface area contributed by atoms with E-state index >= 15 is 0 Å². The highest BCUT2D eigenvalue weighted by atomic mass is 35.5. The molecule has 14 heavy (non-hydrogen) atoms. The van der Waals surface area contributed by atoms with Crippen LogP contribution in [0.4, 0.5) is 0 Å². The number of hydrogen-bond donors (Lipinski definition) is 2. The van der Waals surface area contributed by atoms with Crippen LogP contribution in [0.25, 0.3) is 0 Å². The minimum atomic E-state index is -0.331. The van der Waals surface area contributed by atoms with E-state index in [9.17, 15) is 4.79 Å². The SMILES string of the molecule is CC1NCC(Cl)C(C(=O)C(C)(C)C)N1. The maximum atomic E-state index is 12.0. The number of carbonyl (C=O) groups excluding carboxylic acids is 1. The summed E-state index contributed by atoms with van der Waals surface area (Å²) in [6.07, 6.45) is 0.154. The first-order valence-corrected chi connectivity index (χ1v) is 5.44. The third-order valence-corrected chi connectivity index (χ3v) is 2.84. The first kappa shape index (κ1) is 12.0. The van der Waals surface area contributed by atoms with Crippen LogP contribution in [0.2, 0.25) is 0 Å². The number of ketones is 1. The maximum Gasteiger partial charge on any atom is 0.156 e. The van der Waals surface area contributed by atoms with E-state index in [0.717, 1.165) is 0 Å². The van der Waals surface area contributed by atoms with Crippen LogP contribution in [0.1, 0.15) is 27.7 Å². The van der Waals surface area contributed by atoms with Crippen molar-refractivity contribution < 1.29 is 4.79 Å². The molecule has 0 aliphatic carbocycles. The lowest BCUT2D eigenvalue weighted by molar-refractivity contribution is -0.129. The van der Waals surface area contributed by atoms with Gasteiger partial charge in [0.25, 0.3) is 0 Å². The molecule has 82 valence electrons. The van der Waals surface area contributed by atoms with Gasteiger partial charge in [-0.05, 0) is 6.92 Å². The Balaban J connectivity index is 2.70. The molecule has 0 radical (unpaired) electrons. The highest BCUT2D eigenvalue weighted by Gasteiger charge is 2.37. The van der Waals surface area contributed by atoms with Crippen molar-refractivity contribution in [3.63, 3.8) is 0 Å². The Morgan fingerprint density at radius 2 is 2.00 bits per heavy atom. The molecule has 1 heterocycles. The molecule has 1 saturated heterocycles. The van der Waals surface area contributed by atoms with E-state index in [-0.39, 0.29) is 28.8 Å². The second-order valence-corrected chi connectivity index (χ2v) is 5.47. The Labute approximate surface area is 90.6 Å². The molecule has 0 aromatic heterocycles. The Bertz CT molecular complexity index is 225. The van der Waals surface area contributed by atoms with Gasteiger partial charge < -0.3 is 5.32 Å². The van der Waals surface area contributed by atoms with Crippen molar-refractivity contribution in [2.75, 3.05) is 6.54 Å². The monoisotopic (exact) mass is 218 g/mol. The summed E-state index contributed by atoms with van der Waals surface area (Å²) in [6.45, 7) is 8.45. The van der Waals surface area contributed by atoms with E-state index in [4.69, 9.17) is 11.6 Å². The largest absolute Gasteiger partial charge is 0.301 e. The van der Waals surface area contributed by atoms with Crippen molar-refractivity contribution in [2.45, 2.75) is 45.3 Å².